The number of aromatic nitrogens is 1. The van der Waals surface area contributed by atoms with Crippen LogP contribution in [0.25, 0.3) is 21.8 Å². The maximum absolute atomic E-state index is 11.4. The highest BCUT2D eigenvalue weighted by molar-refractivity contribution is 7.92. The van der Waals surface area contributed by atoms with Crippen LogP contribution in [0.15, 0.2) is 60.7 Å². The van der Waals surface area contributed by atoms with Gasteiger partial charge in [-0.2, -0.15) is 0 Å². The number of rotatable bonds is 5. The number of aryl methyl sites for hydroxylation is 1. The molecule has 0 saturated heterocycles. The molecule has 0 amide bonds. The molecule has 1 aromatic heterocycles. The third-order valence-corrected chi connectivity index (χ3v) is 5.26. The number of hydrogen-bond acceptors (Lipinski definition) is 6. The first kappa shape index (κ1) is 19.6. The first-order valence-electron chi connectivity index (χ1n) is 9.04. The van der Waals surface area contributed by atoms with Gasteiger partial charge in [0, 0.05) is 34.3 Å². The van der Waals surface area contributed by atoms with Crippen LogP contribution in [0.4, 0.5) is 22.7 Å². The summed E-state index contributed by atoms with van der Waals surface area (Å²) in [5, 5.41) is 16.2. The number of fused-ring (bicyclic) bond motifs is 2. The van der Waals surface area contributed by atoms with Gasteiger partial charge in [0.15, 0.2) is 0 Å². The van der Waals surface area contributed by atoms with Crippen LogP contribution >= 0.6 is 0 Å². The molecule has 0 aliphatic carbocycles. The molecule has 0 unspecified atom stereocenters. The molecule has 0 fully saturated rings. The Hall–Kier alpha value is -3.72. The van der Waals surface area contributed by atoms with Crippen molar-refractivity contribution in [2.75, 3.05) is 16.3 Å². The van der Waals surface area contributed by atoms with E-state index in [4.69, 9.17) is 0 Å². The molecule has 30 heavy (non-hydrogen) atoms. The number of nitro groups is 1. The lowest BCUT2D eigenvalue weighted by Gasteiger charge is -2.15. The maximum Gasteiger partial charge on any atom is 0.271 e. The van der Waals surface area contributed by atoms with Crippen LogP contribution in [0.1, 0.15) is 5.56 Å². The monoisotopic (exact) mass is 422 g/mol. The second-order valence-corrected chi connectivity index (χ2v) is 8.74. The Kier molecular flexibility index (Phi) is 4.75. The number of anilines is 3. The van der Waals surface area contributed by atoms with Crippen molar-refractivity contribution in [3.8, 4) is 0 Å². The summed E-state index contributed by atoms with van der Waals surface area (Å²) >= 11 is 0. The minimum absolute atomic E-state index is 0.0231. The minimum Gasteiger partial charge on any atom is -0.354 e. The molecule has 0 aliphatic heterocycles. The van der Waals surface area contributed by atoms with Gasteiger partial charge in [0.05, 0.1) is 27.9 Å². The van der Waals surface area contributed by atoms with Gasteiger partial charge in [0.1, 0.15) is 0 Å². The van der Waals surface area contributed by atoms with E-state index in [-0.39, 0.29) is 5.69 Å². The summed E-state index contributed by atoms with van der Waals surface area (Å²) < 4.78 is 25.2. The summed E-state index contributed by atoms with van der Waals surface area (Å²) in [5.41, 5.74) is 4.17. The summed E-state index contributed by atoms with van der Waals surface area (Å²) in [7, 11) is -3.36. The van der Waals surface area contributed by atoms with Gasteiger partial charge in [-0.1, -0.05) is 18.2 Å². The van der Waals surface area contributed by atoms with E-state index in [0.29, 0.717) is 11.2 Å². The van der Waals surface area contributed by atoms with Gasteiger partial charge in [-0.05, 0) is 42.8 Å². The van der Waals surface area contributed by atoms with Gasteiger partial charge in [-0.3, -0.25) is 14.8 Å². The molecule has 0 bridgehead atoms. The lowest BCUT2D eigenvalue weighted by Crippen LogP contribution is -2.09. The Morgan fingerprint density at radius 3 is 2.33 bits per heavy atom. The van der Waals surface area contributed by atoms with Crippen LogP contribution < -0.4 is 10.0 Å². The van der Waals surface area contributed by atoms with Gasteiger partial charge < -0.3 is 5.32 Å². The van der Waals surface area contributed by atoms with Crippen molar-refractivity contribution >= 4 is 54.6 Å². The maximum atomic E-state index is 11.4. The highest BCUT2D eigenvalue weighted by atomic mass is 32.2. The van der Waals surface area contributed by atoms with Crippen LogP contribution in [-0.2, 0) is 10.0 Å². The molecule has 4 aromatic rings. The fourth-order valence-corrected chi connectivity index (χ4v) is 3.89. The first-order chi connectivity index (χ1) is 14.2. The molecule has 4 rings (SSSR count). The Labute approximate surface area is 172 Å². The molecule has 0 aliphatic rings. The number of non-ortho nitro benzene ring substituents is 1. The summed E-state index contributed by atoms with van der Waals surface area (Å²) in [6.07, 6.45) is 1.09. The average molecular weight is 422 g/mol. The number of benzene rings is 3. The molecule has 0 radical (unpaired) electrons. The fourth-order valence-electron chi connectivity index (χ4n) is 3.33. The van der Waals surface area contributed by atoms with Crippen LogP contribution in [0.3, 0.4) is 0 Å². The molecule has 9 heteroatoms. The number of sulfonamides is 1. The predicted molar refractivity (Wildman–Crippen MR) is 119 cm³/mol. The molecular formula is C21H18N4O4S. The molecule has 152 valence electrons. The quantitative estimate of drug-likeness (QED) is 0.273. The molecular weight excluding hydrogens is 404 g/mol. The number of hydrogen-bond donors (Lipinski definition) is 2. The van der Waals surface area contributed by atoms with Gasteiger partial charge >= 0.3 is 0 Å². The Balaban J connectivity index is 1.85. The Bertz CT molecular complexity index is 1400. The standard InChI is InChI=1S/C21H18N4O4S/c1-13-4-3-5-18-20(13)23-19-12-16(25(26)27)10-11-17(19)21(18)22-14-6-8-15(9-7-14)24-30(2,28)29/h3-12,24H,1-2H3,(H,22,23). The van der Waals surface area contributed by atoms with Crippen LogP contribution in [-0.4, -0.2) is 24.6 Å². The average Bonchev–Trinajstić information content (AvgIpc) is 2.68. The van der Waals surface area contributed by atoms with E-state index in [1.807, 2.05) is 25.1 Å². The van der Waals surface area contributed by atoms with Crippen molar-refractivity contribution in [3.05, 3.63) is 76.3 Å². The number of pyridine rings is 1. The van der Waals surface area contributed by atoms with Crippen molar-refractivity contribution in [1.82, 2.24) is 4.98 Å². The van der Waals surface area contributed by atoms with Crippen molar-refractivity contribution in [2.24, 2.45) is 0 Å². The summed E-state index contributed by atoms with van der Waals surface area (Å²) in [4.78, 5) is 15.4. The molecule has 2 N–H and O–H groups in total. The number of nitrogens with one attached hydrogen (secondary N) is 2. The van der Waals surface area contributed by atoms with Gasteiger partial charge in [0.2, 0.25) is 10.0 Å². The largest absolute Gasteiger partial charge is 0.354 e. The topological polar surface area (TPSA) is 114 Å². The SMILES string of the molecule is Cc1cccc2c(Nc3ccc(NS(C)(=O)=O)cc3)c3ccc([N+](=O)[O-])cc3nc12. The second kappa shape index (κ2) is 7.27. The third kappa shape index (κ3) is 3.87. The predicted octanol–water partition coefficient (Wildman–Crippen LogP) is 4.72. The highest BCUT2D eigenvalue weighted by Crippen LogP contribution is 2.35. The van der Waals surface area contributed by atoms with Gasteiger partial charge in [0.25, 0.3) is 5.69 Å². The fraction of sp³-hybridized carbons (Fsp3) is 0.0952. The number of para-hydroxylation sites is 1. The lowest BCUT2D eigenvalue weighted by molar-refractivity contribution is -0.384. The Morgan fingerprint density at radius 1 is 0.967 bits per heavy atom. The van der Waals surface area contributed by atoms with E-state index in [1.54, 1.807) is 30.3 Å². The van der Waals surface area contributed by atoms with Crippen molar-refractivity contribution in [3.63, 3.8) is 0 Å². The summed E-state index contributed by atoms with van der Waals surface area (Å²) in [6.45, 7) is 1.94. The van der Waals surface area contributed by atoms with E-state index in [0.717, 1.165) is 39.5 Å². The summed E-state index contributed by atoms with van der Waals surface area (Å²) in [6, 6.07) is 17.2. The minimum atomic E-state index is -3.36. The molecule has 0 atom stereocenters. The smallest absolute Gasteiger partial charge is 0.271 e. The number of nitrogens with zero attached hydrogens (tertiary/aromatic N) is 2. The molecule has 0 saturated carbocycles. The van der Waals surface area contributed by atoms with E-state index < -0.39 is 14.9 Å². The zero-order valence-corrected chi connectivity index (χ0v) is 17.0. The third-order valence-electron chi connectivity index (χ3n) is 4.66. The first-order valence-corrected chi connectivity index (χ1v) is 10.9. The molecule has 0 spiro atoms. The van der Waals surface area contributed by atoms with Crippen molar-refractivity contribution < 1.29 is 13.3 Å². The second-order valence-electron chi connectivity index (χ2n) is 6.99. The lowest BCUT2D eigenvalue weighted by atomic mass is 10.0. The van der Waals surface area contributed by atoms with Crippen LogP contribution in [0.5, 0.6) is 0 Å². The Morgan fingerprint density at radius 2 is 1.67 bits per heavy atom. The van der Waals surface area contributed by atoms with Crippen LogP contribution in [0, 0.1) is 17.0 Å². The number of nitro benzene ring substituents is 1. The molecule has 3 aromatic carbocycles. The van der Waals surface area contributed by atoms with Crippen molar-refractivity contribution in [1.29, 1.82) is 0 Å². The van der Waals surface area contributed by atoms with Crippen LogP contribution in [0.2, 0.25) is 0 Å². The highest BCUT2D eigenvalue weighted by Gasteiger charge is 2.14. The van der Waals surface area contributed by atoms with E-state index >= 15 is 0 Å². The van der Waals surface area contributed by atoms with E-state index in [2.05, 4.69) is 15.0 Å². The van der Waals surface area contributed by atoms with E-state index in [1.165, 1.54) is 12.1 Å². The zero-order valence-electron chi connectivity index (χ0n) is 16.2. The van der Waals surface area contributed by atoms with Gasteiger partial charge in [-0.25, -0.2) is 13.4 Å². The zero-order chi connectivity index (χ0) is 21.5. The molecule has 8 nitrogen and oxygen atoms in total. The summed E-state index contributed by atoms with van der Waals surface area (Å²) in [5.74, 6) is 0. The van der Waals surface area contributed by atoms with E-state index in [9.17, 15) is 18.5 Å². The molecule has 1 heterocycles. The van der Waals surface area contributed by atoms with Gasteiger partial charge in [-0.15, -0.1) is 0 Å². The normalized spacial score (nSPS) is 11.5. The van der Waals surface area contributed by atoms with Crippen molar-refractivity contribution in [2.45, 2.75) is 6.92 Å².